The van der Waals surface area contributed by atoms with Gasteiger partial charge in [0.2, 0.25) is 5.95 Å². The van der Waals surface area contributed by atoms with E-state index < -0.39 is 0 Å². The van der Waals surface area contributed by atoms with Gasteiger partial charge in [0.25, 0.3) is 5.91 Å². The third-order valence-electron chi connectivity index (χ3n) is 4.42. The molecule has 2 aromatic carbocycles. The lowest BCUT2D eigenvalue weighted by molar-refractivity contribution is 0.102. The van der Waals surface area contributed by atoms with Gasteiger partial charge in [0, 0.05) is 17.6 Å². The third kappa shape index (κ3) is 4.06. The van der Waals surface area contributed by atoms with Crippen molar-refractivity contribution in [1.29, 1.82) is 0 Å². The molecule has 132 valence electrons. The number of carbonyl (C=O) groups excluding carboxylic acids is 1. The Hall–Kier alpha value is -3.21. The maximum absolute atomic E-state index is 12.5. The van der Waals surface area contributed by atoms with Crippen LogP contribution < -0.4 is 10.6 Å². The zero-order valence-electron chi connectivity index (χ0n) is 15.4. The number of nitrogens with zero attached hydrogens (tertiary/aromatic N) is 2. The zero-order chi connectivity index (χ0) is 18.7. The molecule has 5 nitrogen and oxygen atoms in total. The van der Waals surface area contributed by atoms with Crippen LogP contribution >= 0.6 is 0 Å². The molecule has 0 aliphatic carbocycles. The van der Waals surface area contributed by atoms with Gasteiger partial charge < -0.3 is 10.6 Å². The number of nitrogens with one attached hydrogen (secondary N) is 2. The average Bonchev–Trinajstić information content (AvgIpc) is 2.61. The van der Waals surface area contributed by atoms with E-state index in [1.165, 1.54) is 16.7 Å². The lowest BCUT2D eigenvalue weighted by atomic mass is 10.1. The Bertz CT molecular complexity index is 966. The fourth-order valence-electron chi connectivity index (χ4n) is 2.51. The van der Waals surface area contributed by atoms with Crippen LogP contribution in [0.3, 0.4) is 0 Å². The summed E-state index contributed by atoms with van der Waals surface area (Å²) in [6.45, 7) is 8.17. The Kier molecular flexibility index (Phi) is 4.98. The summed E-state index contributed by atoms with van der Waals surface area (Å²) in [6, 6.07) is 13.4. The maximum atomic E-state index is 12.5. The van der Waals surface area contributed by atoms with Gasteiger partial charge in [0.05, 0.1) is 0 Å². The number of carbonyl (C=O) groups is 1. The molecular formula is C21H22N4O. The van der Waals surface area contributed by atoms with Crippen molar-refractivity contribution in [3.63, 3.8) is 0 Å². The van der Waals surface area contributed by atoms with Crippen LogP contribution in [-0.2, 0) is 0 Å². The van der Waals surface area contributed by atoms with Gasteiger partial charge in [-0.3, -0.25) is 4.79 Å². The fraction of sp³-hybridized carbons (Fsp3) is 0.190. The van der Waals surface area contributed by atoms with E-state index in [2.05, 4.69) is 34.4 Å². The van der Waals surface area contributed by atoms with Gasteiger partial charge in [-0.1, -0.05) is 12.1 Å². The quantitative estimate of drug-likeness (QED) is 0.718. The van der Waals surface area contributed by atoms with Crippen molar-refractivity contribution in [1.82, 2.24) is 9.97 Å². The Balaban J connectivity index is 1.76. The summed E-state index contributed by atoms with van der Waals surface area (Å²) >= 11 is 0. The molecule has 0 saturated carbocycles. The monoisotopic (exact) mass is 346 g/mol. The highest BCUT2D eigenvalue weighted by atomic mass is 16.1. The van der Waals surface area contributed by atoms with Crippen LogP contribution in [0.2, 0.25) is 0 Å². The summed E-state index contributed by atoms with van der Waals surface area (Å²) in [6.07, 6.45) is 1.58. The molecule has 26 heavy (non-hydrogen) atoms. The van der Waals surface area contributed by atoms with E-state index in [0.717, 1.165) is 16.9 Å². The van der Waals surface area contributed by atoms with Crippen molar-refractivity contribution in [2.75, 3.05) is 10.6 Å². The Labute approximate surface area is 153 Å². The van der Waals surface area contributed by atoms with Crippen molar-refractivity contribution in [3.8, 4) is 0 Å². The van der Waals surface area contributed by atoms with Crippen molar-refractivity contribution >= 4 is 23.2 Å². The average molecular weight is 346 g/mol. The first-order chi connectivity index (χ1) is 12.4. The molecule has 1 amide bonds. The summed E-state index contributed by atoms with van der Waals surface area (Å²) in [5.41, 5.74) is 6.66. The van der Waals surface area contributed by atoms with E-state index >= 15 is 0 Å². The Morgan fingerprint density at radius 1 is 0.808 bits per heavy atom. The van der Waals surface area contributed by atoms with Crippen LogP contribution in [0, 0.1) is 27.7 Å². The van der Waals surface area contributed by atoms with E-state index in [9.17, 15) is 4.79 Å². The highest BCUT2D eigenvalue weighted by Crippen LogP contribution is 2.18. The number of amides is 1. The minimum atomic E-state index is -0.265. The predicted molar refractivity (Wildman–Crippen MR) is 105 cm³/mol. The molecule has 0 aliphatic rings. The standard InChI is InChI=1S/C21H22N4O/c1-13-5-7-17(11-15(13)3)23-20(26)19-9-10-22-21(25-19)24-18-8-6-14(2)16(4)12-18/h5-12H,1-4H3,(H,23,26)(H,22,24,25). The topological polar surface area (TPSA) is 66.9 Å². The lowest BCUT2D eigenvalue weighted by Gasteiger charge is -2.09. The van der Waals surface area contributed by atoms with Crippen LogP contribution in [-0.4, -0.2) is 15.9 Å². The molecule has 1 aromatic heterocycles. The third-order valence-corrected chi connectivity index (χ3v) is 4.42. The lowest BCUT2D eigenvalue weighted by Crippen LogP contribution is -2.15. The molecule has 0 aliphatic heterocycles. The van der Waals surface area contributed by atoms with Gasteiger partial charge in [-0.15, -0.1) is 0 Å². The van der Waals surface area contributed by atoms with E-state index in [1.54, 1.807) is 12.3 Å². The molecule has 5 heteroatoms. The molecule has 0 spiro atoms. The molecule has 3 aromatic rings. The summed E-state index contributed by atoms with van der Waals surface area (Å²) in [5.74, 6) is 0.125. The first kappa shape index (κ1) is 17.6. The van der Waals surface area contributed by atoms with Gasteiger partial charge in [-0.25, -0.2) is 9.97 Å². The van der Waals surface area contributed by atoms with Crippen molar-refractivity contribution in [3.05, 3.63) is 76.6 Å². The molecular weight excluding hydrogens is 324 g/mol. The second kappa shape index (κ2) is 7.35. The van der Waals surface area contributed by atoms with Crippen molar-refractivity contribution < 1.29 is 4.79 Å². The minimum Gasteiger partial charge on any atom is -0.324 e. The maximum Gasteiger partial charge on any atom is 0.274 e. The van der Waals surface area contributed by atoms with E-state index in [-0.39, 0.29) is 5.91 Å². The van der Waals surface area contributed by atoms with Crippen LogP contribution in [0.4, 0.5) is 17.3 Å². The highest BCUT2D eigenvalue weighted by Gasteiger charge is 2.10. The fourth-order valence-corrected chi connectivity index (χ4v) is 2.51. The van der Waals surface area contributed by atoms with Gasteiger partial charge in [-0.2, -0.15) is 0 Å². The minimum absolute atomic E-state index is 0.265. The number of rotatable bonds is 4. The Morgan fingerprint density at radius 2 is 1.42 bits per heavy atom. The first-order valence-electron chi connectivity index (χ1n) is 8.48. The largest absolute Gasteiger partial charge is 0.324 e. The molecule has 1 heterocycles. The Morgan fingerprint density at radius 3 is 2.08 bits per heavy atom. The van der Waals surface area contributed by atoms with E-state index in [1.807, 2.05) is 50.2 Å². The molecule has 0 saturated heterocycles. The normalized spacial score (nSPS) is 10.5. The number of anilines is 3. The summed E-state index contributed by atoms with van der Waals surface area (Å²) in [4.78, 5) is 21.0. The van der Waals surface area contributed by atoms with Crippen LogP contribution in [0.15, 0.2) is 48.7 Å². The van der Waals surface area contributed by atoms with Gasteiger partial charge in [0.1, 0.15) is 5.69 Å². The van der Waals surface area contributed by atoms with Crippen LogP contribution in [0.25, 0.3) is 0 Å². The van der Waals surface area contributed by atoms with E-state index in [4.69, 9.17) is 0 Å². The predicted octanol–water partition coefficient (Wildman–Crippen LogP) is 4.71. The smallest absolute Gasteiger partial charge is 0.274 e. The number of hydrogen-bond acceptors (Lipinski definition) is 4. The molecule has 0 atom stereocenters. The SMILES string of the molecule is Cc1ccc(NC(=O)c2ccnc(Nc3ccc(C)c(C)c3)n2)cc1C. The summed E-state index contributed by atoms with van der Waals surface area (Å²) in [7, 11) is 0. The summed E-state index contributed by atoms with van der Waals surface area (Å²) < 4.78 is 0. The number of benzene rings is 2. The second-order valence-electron chi connectivity index (χ2n) is 6.44. The number of aromatic nitrogens is 2. The van der Waals surface area contributed by atoms with Crippen molar-refractivity contribution in [2.24, 2.45) is 0 Å². The second-order valence-corrected chi connectivity index (χ2v) is 6.44. The molecule has 3 rings (SSSR count). The molecule has 0 fully saturated rings. The number of hydrogen-bond donors (Lipinski definition) is 2. The van der Waals surface area contributed by atoms with Gasteiger partial charge in [-0.05, 0) is 80.3 Å². The van der Waals surface area contributed by atoms with Crippen LogP contribution in [0.5, 0.6) is 0 Å². The molecule has 0 unspecified atom stereocenters. The summed E-state index contributed by atoms with van der Waals surface area (Å²) in [5, 5.41) is 6.02. The van der Waals surface area contributed by atoms with Gasteiger partial charge >= 0.3 is 0 Å². The van der Waals surface area contributed by atoms with Crippen molar-refractivity contribution in [2.45, 2.75) is 27.7 Å². The highest BCUT2D eigenvalue weighted by molar-refractivity contribution is 6.03. The molecule has 2 N–H and O–H groups in total. The van der Waals surface area contributed by atoms with E-state index in [0.29, 0.717) is 11.6 Å². The number of aryl methyl sites for hydroxylation is 4. The molecule has 0 bridgehead atoms. The molecule has 0 radical (unpaired) electrons. The van der Waals surface area contributed by atoms with Crippen LogP contribution in [0.1, 0.15) is 32.7 Å². The van der Waals surface area contributed by atoms with Gasteiger partial charge in [0.15, 0.2) is 0 Å². The first-order valence-corrected chi connectivity index (χ1v) is 8.48. The zero-order valence-corrected chi connectivity index (χ0v) is 15.4.